The fourth-order valence-electron chi connectivity index (χ4n) is 2.56. The largest absolute Gasteiger partial charge is 0.457 e. The lowest BCUT2D eigenvalue weighted by Gasteiger charge is -2.15. The fraction of sp³-hybridized carbons (Fsp3) is 0.312. The smallest absolute Gasteiger partial charge is 0.350 e. The minimum atomic E-state index is -3.70. The lowest BCUT2D eigenvalue weighted by Crippen LogP contribution is -2.28. The lowest BCUT2D eigenvalue weighted by molar-refractivity contribution is 0.0474. The second-order valence-electron chi connectivity index (χ2n) is 5.54. The fourth-order valence-corrected chi connectivity index (χ4v) is 5.59. The molecule has 134 valence electrons. The monoisotopic (exact) mass is 403 g/mol. The number of hydrogen-bond acceptors (Lipinski definition) is 5. The molecular weight excluding hydrogens is 389 g/mol. The first kappa shape index (κ1) is 18.3. The van der Waals surface area contributed by atoms with Gasteiger partial charge in [-0.3, -0.25) is 0 Å². The number of nitrogens with zero attached hydrogens (tertiary/aromatic N) is 1. The van der Waals surface area contributed by atoms with Gasteiger partial charge >= 0.3 is 5.97 Å². The van der Waals surface area contributed by atoms with Crippen molar-refractivity contribution in [3.63, 3.8) is 0 Å². The van der Waals surface area contributed by atoms with E-state index in [1.54, 1.807) is 5.38 Å². The highest BCUT2D eigenvalue weighted by Gasteiger charge is 2.32. The van der Waals surface area contributed by atoms with E-state index in [0.717, 1.165) is 30.2 Å². The third-order valence-corrected chi connectivity index (χ3v) is 7.19. The molecule has 0 spiro atoms. The Balaban J connectivity index is 1.76. The number of esters is 1. The van der Waals surface area contributed by atoms with Gasteiger partial charge < -0.3 is 4.74 Å². The third kappa shape index (κ3) is 3.87. The van der Waals surface area contributed by atoms with E-state index in [1.165, 1.54) is 22.5 Å². The van der Waals surface area contributed by atoms with Crippen LogP contribution in [0.1, 0.15) is 28.1 Å². The summed E-state index contributed by atoms with van der Waals surface area (Å²) in [6.07, 6.45) is 1.62. The average molecular weight is 404 g/mol. The first-order valence-electron chi connectivity index (χ1n) is 7.58. The Labute approximate surface area is 154 Å². The zero-order valence-corrected chi connectivity index (χ0v) is 15.5. The first-order chi connectivity index (χ1) is 11.9. The van der Waals surface area contributed by atoms with Crippen LogP contribution in [-0.4, -0.2) is 31.8 Å². The van der Waals surface area contributed by atoms with E-state index in [-0.39, 0.29) is 21.4 Å². The maximum absolute atomic E-state index is 13.0. The molecular formula is C16H15ClFNO4S2. The number of carbonyl (C=O) groups excluding carboxylic acids is 1. The van der Waals surface area contributed by atoms with E-state index in [1.807, 2.05) is 0 Å². The highest BCUT2D eigenvalue weighted by molar-refractivity contribution is 7.89. The van der Waals surface area contributed by atoms with Crippen molar-refractivity contribution in [3.05, 3.63) is 50.9 Å². The Kier molecular flexibility index (Phi) is 5.43. The van der Waals surface area contributed by atoms with Gasteiger partial charge in [-0.05, 0) is 36.4 Å². The van der Waals surface area contributed by atoms with Crippen LogP contribution in [0, 0.1) is 5.82 Å². The van der Waals surface area contributed by atoms with E-state index in [4.69, 9.17) is 16.3 Å². The lowest BCUT2D eigenvalue weighted by atomic mass is 10.2. The molecule has 0 bridgehead atoms. The van der Waals surface area contributed by atoms with E-state index in [2.05, 4.69) is 0 Å². The first-order valence-corrected chi connectivity index (χ1v) is 10.3. The zero-order chi connectivity index (χ0) is 18.0. The van der Waals surface area contributed by atoms with Gasteiger partial charge in [0.15, 0.2) is 0 Å². The average Bonchev–Trinajstić information content (AvgIpc) is 3.25. The third-order valence-electron chi connectivity index (χ3n) is 3.87. The normalized spacial score (nSPS) is 15.4. The molecule has 1 fully saturated rings. The van der Waals surface area contributed by atoms with Crippen LogP contribution in [0.25, 0.3) is 0 Å². The van der Waals surface area contributed by atoms with Gasteiger partial charge in [0.1, 0.15) is 22.2 Å². The predicted molar refractivity (Wildman–Crippen MR) is 92.8 cm³/mol. The Bertz CT molecular complexity index is 891. The molecule has 0 N–H and O–H groups in total. The molecule has 0 radical (unpaired) electrons. The van der Waals surface area contributed by atoms with Crippen LogP contribution in [0.15, 0.2) is 34.5 Å². The number of halogens is 2. The standard InChI is InChI=1S/C16H15ClFNO4S2/c17-13-9-12(18)4-3-11(13)10-23-16(20)15-14(5-8-24-15)25(21,22)19-6-1-2-7-19/h3-5,8-9H,1-2,6-7,10H2. The van der Waals surface area contributed by atoms with E-state index >= 15 is 0 Å². The summed E-state index contributed by atoms with van der Waals surface area (Å²) in [6, 6.07) is 5.17. The molecule has 1 aromatic carbocycles. The molecule has 1 aromatic heterocycles. The van der Waals surface area contributed by atoms with Crippen LogP contribution in [0.2, 0.25) is 5.02 Å². The quantitative estimate of drug-likeness (QED) is 0.714. The van der Waals surface area contributed by atoms with Crippen LogP contribution in [0.3, 0.4) is 0 Å². The number of sulfonamides is 1. The van der Waals surface area contributed by atoms with E-state index in [0.29, 0.717) is 18.7 Å². The summed E-state index contributed by atoms with van der Waals surface area (Å²) >= 11 is 6.91. The van der Waals surface area contributed by atoms with Crippen LogP contribution < -0.4 is 0 Å². The number of thiophene rings is 1. The molecule has 1 aliphatic heterocycles. The molecule has 1 saturated heterocycles. The molecule has 25 heavy (non-hydrogen) atoms. The Hall–Kier alpha value is -1.48. The van der Waals surface area contributed by atoms with Crippen molar-refractivity contribution in [2.45, 2.75) is 24.3 Å². The SMILES string of the molecule is O=C(OCc1ccc(F)cc1Cl)c1sccc1S(=O)(=O)N1CCCC1. The van der Waals surface area contributed by atoms with Crippen LogP contribution in [-0.2, 0) is 21.4 Å². The molecule has 1 aliphatic rings. The maximum Gasteiger partial charge on any atom is 0.350 e. The van der Waals surface area contributed by atoms with Gasteiger partial charge in [0.2, 0.25) is 10.0 Å². The summed E-state index contributed by atoms with van der Waals surface area (Å²) in [5.41, 5.74) is 0.442. The van der Waals surface area contributed by atoms with Gasteiger partial charge in [0.25, 0.3) is 0 Å². The highest BCUT2D eigenvalue weighted by atomic mass is 35.5. The van der Waals surface area contributed by atoms with Gasteiger partial charge in [0.05, 0.1) is 5.02 Å². The van der Waals surface area contributed by atoms with Crippen molar-refractivity contribution in [3.8, 4) is 0 Å². The van der Waals surface area contributed by atoms with E-state index < -0.39 is 21.8 Å². The number of rotatable bonds is 5. The van der Waals surface area contributed by atoms with Crippen molar-refractivity contribution < 1.29 is 22.3 Å². The second kappa shape index (κ2) is 7.41. The van der Waals surface area contributed by atoms with Crippen LogP contribution in [0.5, 0.6) is 0 Å². The van der Waals surface area contributed by atoms with Crippen LogP contribution >= 0.6 is 22.9 Å². The number of benzene rings is 1. The summed E-state index contributed by atoms with van der Waals surface area (Å²) in [4.78, 5) is 12.3. The summed E-state index contributed by atoms with van der Waals surface area (Å²) in [7, 11) is -3.70. The Morgan fingerprint density at radius 2 is 2.00 bits per heavy atom. The van der Waals surface area contributed by atoms with Crippen molar-refractivity contribution in [2.75, 3.05) is 13.1 Å². The number of hydrogen-bond donors (Lipinski definition) is 0. The highest BCUT2D eigenvalue weighted by Crippen LogP contribution is 2.28. The minimum Gasteiger partial charge on any atom is -0.457 e. The van der Waals surface area contributed by atoms with Crippen molar-refractivity contribution >= 4 is 38.9 Å². The Morgan fingerprint density at radius 3 is 2.68 bits per heavy atom. The minimum absolute atomic E-state index is 0.0325. The number of ether oxygens (including phenoxy) is 1. The van der Waals surface area contributed by atoms with Gasteiger partial charge in [-0.1, -0.05) is 17.7 Å². The molecule has 2 aromatic rings. The molecule has 0 amide bonds. The molecule has 0 unspecified atom stereocenters. The molecule has 3 rings (SSSR count). The second-order valence-corrected chi connectivity index (χ2v) is 8.77. The summed E-state index contributed by atoms with van der Waals surface area (Å²) in [5.74, 6) is -1.23. The topological polar surface area (TPSA) is 63.7 Å². The van der Waals surface area contributed by atoms with Crippen molar-refractivity contribution in [1.29, 1.82) is 0 Å². The summed E-state index contributed by atoms with van der Waals surface area (Å²) in [6.45, 7) is 0.745. The predicted octanol–water partition coefficient (Wildman–Crippen LogP) is 3.68. The van der Waals surface area contributed by atoms with Gasteiger partial charge in [-0.15, -0.1) is 11.3 Å². The summed E-state index contributed by atoms with van der Waals surface area (Å²) < 4.78 is 44.9. The molecule has 0 aliphatic carbocycles. The Morgan fingerprint density at radius 1 is 1.28 bits per heavy atom. The van der Waals surface area contributed by atoms with Gasteiger partial charge in [0, 0.05) is 18.7 Å². The maximum atomic E-state index is 13.0. The van der Waals surface area contributed by atoms with Crippen LogP contribution in [0.4, 0.5) is 4.39 Å². The molecule has 2 heterocycles. The molecule has 5 nitrogen and oxygen atoms in total. The molecule has 0 saturated carbocycles. The summed E-state index contributed by atoms with van der Waals surface area (Å²) in [5, 5.41) is 1.69. The number of carbonyl (C=O) groups is 1. The van der Waals surface area contributed by atoms with Gasteiger partial charge in [-0.2, -0.15) is 4.31 Å². The van der Waals surface area contributed by atoms with Crippen molar-refractivity contribution in [1.82, 2.24) is 4.31 Å². The van der Waals surface area contributed by atoms with Crippen molar-refractivity contribution in [2.24, 2.45) is 0 Å². The molecule has 0 atom stereocenters. The molecule has 9 heteroatoms. The zero-order valence-electron chi connectivity index (χ0n) is 13.1. The van der Waals surface area contributed by atoms with E-state index in [9.17, 15) is 17.6 Å². The van der Waals surface area contributed by atoms with Gasteiger partial charge in [-0.25, -0.2) is 17.6 Å².